The second-order valence-corrected chi connectivity index (χ2v) is 3.91. The topological polar surface area (TPSA) is 35.5 Å². The number of aliphatic hydroxyl groups excluding tert-OH is 1. The van der Waals surface area contributed by atoms with Crippen molar-refractivity contribution in [3.63, 3.8) is 0 Å². The molecule has 1 aliphatic rings. The van der Waals surface area contributed by atoms with E-state index in [9.17, 15) is 5.11 Å². The summed E-state index contributed by atoms with van der Waals surface area (Å²) in [6.07, 6.45) is 1.23. The van der Waals surface area contributed by atoms with Crippen molar-refractivity contribution in [1.29, 1.82) is 0 Å². The van der Waals surface area contributed by atoms with Crippen LogP contribution in [0.2, 0.25) is 0 Å². The van der Waals surface area contributed by atoms with Gasteiger partial charge in [-0.15, -0.1) is 0 Å². The Hall–Kier alpha value is -0.120. The maximum absolute atomic E-state index is 9.20. The van der Waals surface area contributed by atoms with E-state index in [0.29, 0.717) is 18.6 Å². The SMILES string of the molecule is CCNCCN1CCC(C)C1CO. The summed E-state index contributed by atoms with van der Waals surface area (Å²) in [4.78, 5) is 2.40. The van der Waals surface area contributed by atoms with Gasteiger partial charge in [-0.2, -0.15) is 0 Å². The maximum atomic E-state index is 9.20. The molecular formula is C10H22N2O. The largest absolute Gasteiger partial charge is 0.395 e. The summed E-state index contributed by atoms with van der Waals surface area (Å²) in [6, 6.07) is 0.402. The molecule has 2 unspecified atom stereocenters. The van der Waals surface area contributed by atoms with E-state index >= 15 is 0 Å². The molecule has 0 saturated carbocycles. The Morgan fingerprint density at radius 1 is 1.54 bits per heavy atom. The zero-order valence-electron chi connectivity index (χ0n) is 8.79. The van der Waals surface area contributed by atoms with E-state index in [0.717, 1.165) is 26.2 Å². The third-order valence-electron chi connectivity index (χ3n) is 3.01. The Morgan fingerprint density at radius 2 is 2.31 bits per heavy atom. The lowest BCUT2D eigenvalue weighted by Crippen LogP contribution is -2.39. The van der Waals surface area contributed by atoms with Crippen molar-refractivity contribution in [2.45, 2.75) is 26.3 Å². The highest BCUT2D eigenvalue weighted by molar-refractivity contribution is 4.84. The summed E-state index contributed by atoms with van der Waals surface area (Å²) in [5.41, 5.74) is 0. The second-order valence-electron chi connectivity index (χ2n) is 3.91. The van der Waals surface area contributed by atoms with E-state index in [2.05, 4.69) is 24.1 Å². The molecule has 0 amide bonds. The molecule has 1 saturated heterocycles. The van der Waals surface area contributed by atoms with Crippen LogP contribution in [0.5, 0.6) is 0 Å². The highest BCUT2D eigenvalue weighted by Crippen LogP contribution is 2.22. The van der Waals surface area contributed by atoms with Gasteiger partial charge in [-0.05, 0) is 25.4 Å². The number of aliphatic hydroxyl groups is 1. The van der Waals surface area contributed by atoms with Crippen LogP contribution in [0.3, 0.4) is 0 Å². The first-order valence-electron chi connectivity index (χ1n) is 5.35. The number of hydrogen-bond acceptors (Lipinski definition) is 3. The molecule has 78 valence electrons. The fourth-order valence-corrected chi connectivity index (χ4v) is 2.06. The van der Waals surface area contributed by atoms with Gasteiger partial charge in [0.15, 0.2) is 0 Å². The van der Waals surface area contributed by atoms with Gasteiger partial charge in [0.1, 0.15) is 0 Å². The van der Waals surface area contributed by atoms with Crippen LogP contribution >= 0.6 is 0 Å². The van der Waals surface area contributed by atoms with Gasteiger partial charge >= 0.3 is 0 Å². The van der Waals surface area contributed by atoms with Crippen LogP contribution in [0, 0.1) is 5.92 Å². The first-order valence-corrected chi connectivity index (χ1v) is 5.35. The van der Waals surface area contributed by atoms with Gasteiger partial charge in [0, 0.05) is 19.1 Å². The molecule has 0 bridgehead atoms. The van der Waals surface area contributed by atoms with E-state index in [-0.39, 0.29) is 0 Å². The molecular weight excluding hydrogens is 164 g/mol. The molecule has 2 atom stereocenters. The van der Waals surface area contributed by atoms with Crippen molar-refractivity contribution in [2.24, 2.45) is 5.92 Å². The normalized spacial score (nSPS) is 29.8. The van der Waals surface area contributed by atoms with E-state index in [1.165, 1.54) is 6.42 Å². The Labute approximate surface area is 81.1 Å². The Morgan fingerprint density at radius 3 is 2.92 bits per heavy atom. The third kappa shape index (κ3) is 2.93. The van der Waals surface area contributed by atoms with E-state index in [1.54, 1.807) is 0 Å². The van der Waals surface area contributed by atoms with E-state index in [4.69, 9.17) is 0 Å². The molecule has 3 nitrogen and oxygen atoms in total. The van der Waals surface area contributed by atoms with Gasteiger partial charge in [-0.25, -0.2) is 0 Å². The van der Waals surface area contributed by atoms with Crippen LogP contribution < -0.4 is 5.32 Å². The quantitative estimate of drug-likeness (QED) is 0.606. The number of rotatable bonds is 5. The molecule has 1 fully saturated rings. The van der Waals surface area contributed by atoms with Gasteiger partial charge in [0.05, 0.1) is 6.61 Å². The average molecular weight is 186 g/mol. The minimum atomic E-state index is 0.313. The summed E-state index contributed by atoms with van der Waals surface area (Å²) in [5, 5.41) is 12.5. The molecule has 13 heavy (non-hydrogen) atoms. The predicted octanol–water partition coefficient (Wildman–Crippen LogP) is 0.299. The second kappa shape index (κ2) is 5.58. The minimum Gasteiger partial charge on any atom is -0.395 e. The molecule has 0 aromatic rings. The Kier molecular flexibility index (Phi) is 4.70. The van der Waals surface area contributed by atoms with Crippen molar-refractivity contribution >= 4 is 0 Å². The highest BCUT2D eigenvalue weighted by atomic mass is 16.3. The van der Waals surface area contributed by atoms with Crippen molar-refractivity contribution < 1.29 is 5.11 Å². The molecule has 2 N–H and O–H groups in total. The minimum absolute atomic E-state index is 0.313. The van der Waals surface area contributed by atoms with Crippen LogP contribution in [-0.4, -0.2) is 48.8 Å². The van der Waals surface area contributed by atoms with E-state index in [1.807, 2.05) is 0 Å². The molecule has 0 aromatic heterocycles. The molecule has 1 rings (SSSR count). The van der Waals surface area contributed by atoms with Gasteiger partial charge in [-0.3, -0.25) is 4.90 Å². The Balaban J connectivity index is 2.24. The van der Waals surface area contributed by atoms with Gasteiger partial charge in [0.25, 0.3) is 0 Å². The fraction of sp³-hybridized carbons (Fsp3) is 1.00. The van der Waals surface area contributed by atoms with Gasteiger partial charge in [0.2, 0.25) is 0 Å². The third-order valence-corrected chi connectivity index (χ3v) is 3.01. The van der Waals surface area contributed by atoms with Crippen molar-refractivity contribution in [1.82, 2.24) is 10.2 Å². The summed E-state index contributed by atoms with van der Waals surface area (Å²) < 4.78 is 0. The van der Waals surface area contributed by atoms with Crippen molar-refractivity contribution in [3.8, 4) is 0 Å². The molecule has 0 aromatic carbocycles. The first kappa shape index (κ1) is 11.0. The summed E-state index contributed by atoms with van der Waals surface area (Å²) in [7, 11) is 0. The number of nitrogens with one attached hydrogen (secondary N) is 1. The smallest absolute Gasteiger partial charge is 0.0589 e. The van der Waals surface area contributed by atoms with Gasteiger partial charge < -0.3 is 10.4 Å². The monoisotopic (exact) mass is 186 g/mol. The summed E-state index contributed by atoms with van der Waals surface area (Å²) in [6.45, 7) is 8.96. The standard InChI is InChI=1S/C10H22N2O/c1-3-11-5-7-12-6-4-9(2)10(12)8-13/h9-11,13H,3-8H2,1-2H3. The van der Waals surface area contributed by atoms with Crippen LogP contribution in [-0.2, 0) is 0 Å². The lowest BCUT2D eigenvalue weighted by Gasteiger charge is -2.24. The summed E-state index contributed by atoms with van der Waals surface area (Å²) >= 11 is 0. The zero-order valence-corrected chi connectivity index (χ0v) is 8.79. The number of hydrogen-bond donors (Lipinski definition) is 2. The lowest BCUT2D eigenvalue weighted by molar-refractivity contribution is 0.140. The number of nitrogens with zero attached hydrogens (tertiary/aromatic N) is 1. The molecule has 0 spiro atoms. The van der Waals surface area contributed by atoms with Crippen LogP contribution in [0.25, 0.3) is 0 Å². The van der Waals surface area contributed by atoms with E-state index < -0.39 is 0 Å². The van der Waals surface area contributed by atoms with Crippen molar-refractivity contribution in [3.05, 3.63) is 0 Å². The van der Waals surface area contributed by atoms with Crippen LogP contribution in [0.4, 0.5) is 0 Å². The molecule has 0 radical (unpaired) electrons. The fourth-order valence-electron chi connectivity index (χ4n) is 2.06. The molecule has 1 aliphatic heterocycles. The predicted molar refractivity (Wildman–Crippen MR) is 54.8 cm³/mol. The first-order chi connectivity index (χ1) is 6.29. The average Bonchev–Trinajstić information content (AvgIpc) is 2.47. The molecule has 3 heteroatoms. The Bertz CT molecular complexity index is 141. The molecule has 1 heterocycles. The summed E-state index contributed by atoms with van der Waals surface area (Å²) in [5.74, 6) is 0.659. The van der Waals surface area contributed by atoms with Crippen LogP contribution in [0.15, 0.2) is 0 Å². The zero-order chi connectivity index (χ0) is 9.68. The van der Waals surface area contributed by atoms with Crippen LogP contribution in [0.1, 0.15) is 20.3 Å². The molecule has 0 aliphatic carbocycles. The number of likely N-dealkylation sites (N-methyl/N-ethyl adjacent to an activating group) is 1. The maximum Gasteiger partial charge on any atom is 0.0589 e. The number of likely N-dealkylation sites (tertiary alicyclic amines) is 1. The van der Waals surface area contributed by atoms with Gasteiger partial charge in [-0.1, -0.05) is 13.8 Å². The lowest BCUT2D eigenvalue weighted by atomic mass is 10.0. The van der Waals surface area contributed by atoms with Crippen molar-refractivity contribution in [2.75, 3.05) is 32.8 Å². The highest BCUT2D eigenvalue weighted by Gasteiger charge is 2.29.